The van der Waals surface area contributed by atoms with Crippen molar-refractivity contribution in [1.82, 2.24) is 15.6 Å². The second kappa shape index (κ2) is 8.49. The first-order chi connectivity index (χ1) is 11.6. The summed E-state index contributed by atoms with van der Waals surface area (Å²) in [6.45, 7) is 1.21. The van der Waals surface area contributed by atoms with Crippen molar-refractivity contribution in [2.75, 3.05) is 31.1 Å². The second-order valence-electron chi connectivity index (χ2n) is 5.43. The summed E-state index contributed by atoms with van der Waals surface area (Å²) >= 11 is 0. The van der Waals surface area contributed by atoms with Crippen LogP contribution in [-0.4, -0.2) is 43.0 Å². The number of nitrogens with zero attached hydrogens (tertiary/aromatic N) is 4. The molecule has 0 unspecified atom stereocenters. The molecule has 1 fully saturated rings. The molecule has 0 atom stereocenters. The first kappa shape index (κ1) is 17.2. The molecular formula is C16H18N6O2. The summed E-state index contributed by atoms with van der Waals surface area (Å²) in [5.74, 6) is 0.144. The zero-order chi connectivity index (χ0) is 17.4. The Balaban J connectivity index is 1.77. The number of pyridine rings is 1. The minimum atomic E-state index is -0.371. The highest BCUT2D eigenvalue weighted by atomic mass is 16.2. The van der Waals surface area contributed by atoms with Crippen molar-refractivity contribution in [3.05, 3.63) is 23.9 Å². The van der Waals surface area contributed by atoms with Gasteiger partial charge in [0.15, 0.2) is 0 Å². The van der Waals surface area contributed by atoms with Gasteiger partial charge in [-0.15, -0.1) is 0 Å². The number of piperidine rings is 1. The number of aromatic nitrogens is 1. The normalized spacial score (nSPS) is 14.3. The van der Waals surface area contributed by atoms with Crippen LogP contribution in [0.1, 0.15) is 18.4 Å². The molecule has 0 radical (unpaired) electrons. The van der Waals surface area contributed by atoms with Crippen LogP contribution < -0.4 is 15.5 Å². The van der Waals surface area contributed by atoms with Crippen molar-refractivity contribution < 1.29 is 9.59 Å². The SMILES string of the molecule is N#CCNC(=O)CNC(=O)C1CCN(c2ccc(C#N)cn2)CC1. The van der Waals surface area contributed by atoms with Gasteiger partial charge in [-0.3, -0.25) is 9.59 Å². The third-order valence-corrected chi connectivity index (χ3v) is 3.85. The van der Waals surface area contributed by atoms with Crippen LogP contribution >= 0.6 is 0 Å². The molecule has 0 aromatic carbocycles. The fourth-order valence-corrected chi connectivity index (χ4v) is 2.52. The van der Waals surface area contributed by atoms with Crippen LogP contribution in [0.5, 0.6) is 0 Å². The van der Waals surface area contributed by atoms with Crippen LogP contribution in [0, 0.1) is 28.6 Å². The Morgan fingerprint density at radius 2 is 2.00 bits per heavy atom. The Morgan fingerprint density at radius 3 is 2.58 bits per heavy atom. The molecule has 0 saturated carbocycles. The fourth-order valence-electron chi connectivity index (χ4n) is 2.52. The molecule has 124 valence electrons. The third kappa shape index (κ3) is 4.68. The quantitative estimate of drug-likeness (QED) is 0.730. The van der Waals surface area contributed by atoms with Gasteiger partial charge in [0.2, 0.25) is 11.8 Å². The molecule has 0 aliphatic carbocycles. The molecule has 0 spiro atoms. The maximum Gasteiger partial charge on any atom is 0.240 e. The van der Waals surface area contributed by atoms with E-state index >= 15 is 0 Å². The molecule has 2 rings (SSSR count). The Hall–Kier alpha value is -3.13. The highest BCUT2D eigenvalue weighted by Gasteiger charge is 2.25. The molecule has 1 aromatic rings. The molecule has 2 amide bonds. The minimum Gasteiger partial charge on any atom is -0.357 e. The molecular weight excluding hydrogens is 308 g/mol. The lowest BCUT2D eigenvalue weighted by Crippen LogP contribution is -2.43. The van der Waals surface area contributed by atoms with E-state index in [1.54, 1.807) is 18.2 Å². The van der Waals surface area contributed by atoms with Gasteiger partial charge in [-0.25, -0.2) is 4.98 Å². The molecule has 0 bridgehead atoms. The molecule has 1 aliphatic heterocycles. The second-order valence-corrected chi connectivity index (χ2v) is 5.43. The number of anilines is 1. The van der Waals surface area contributed by atoms with E-state index in [1.165, 1.54) is 6.20 Å². The van der Waals surface area contributed by atoms with Gasteiger partial charge in [0, 0.05) is 25.2 Å². The molecule has 1 aromatic heterocycles. The summed E-state index contributed by atoms with van der Waals surface area (Å²) in [4.78, 5) is 29.8. The molecule has 24 heavy (non-hydrogen) atoms. The van der Waals surface area contributed by atoms with E-state index in [4.69, 9.17) is 10.5 Å². The van der Waals surface area contributed by atoms with E-state index in [1.807, 2.05) is 6.07 Å². The van der Waals surface area contributed by atoms with Gasteiger partial charge < -0.3 is 15.5 Å². The van der Waals surface area contributed by atoms with Gasteiger partial charge in [-0.2, -0.15) is 10.5 Å². The Morgan fingerprint density at radius 1 is 1.25 bits per heavy atom. The van der Waals surface area contributed by atoms with Crippen molar-refractivity contribution in [1.29, 1.82) is 10.5 Å². The van der Waals surface area contributed by atoms with E-state index in [0.717, 1.165) is 5.82 Å². The topological polar surface area (TPSA) is 122 Å². The summed E-state index contributed by atoms with van der Waals surface area (Å²) < 4.78 is 0. The van der Waals surface area contributed by atoms with Gasteiger partial charge >= 0.3 is 0 Å². The Bertz CT molecular complexity index is 665. The van der Waals surface area contributed by atoms with Gasteiger partial charge in [0.05, 0.1) is 18.2 Å². The van der Waals surface area contributed by atoms with Gasteiger partial charge in [-0.1, -0.05) is 0 Å². The fraction of sp³-hybridized carbons (Fsp3) is 0.438. The number of hydrogen-bond acceptors (Lipinski definition) is 6. The molecule has 1 saturated heterocycles. The predicted molar refractivity (Wildman–Crippen MR) is 85.5 cm³/mol. The number of rotatable bonds is 5. The van der Waals surface area contributed by atoms with E-state index in [0.29, 0.717) is 31.5 Å². The third-order valence-electron chi connectivity index (χ3n) is 3.85. The van der Waals surface area contributed by atoms with Gasteiger partial charge in [0.25, 0.3) is 0 Å². The van der Waals surface area contributed by atoms with Crippen LogP contribution in [0.25, 0.3) is 0 Å². The average Bonchev–Trinajstić information content (AvgIpc) is 2.64. The van der Waals surface area contributed by atoms with Crippen molar-refractivity contribution in [2.24, 2.45) is 5.92 Å². The maximum absolute atomic E-state index is 12.1. The maximum atomic E-state index is 12.1. The number of carbonyl (C=O) groups is 2. The Kier molecular flexibility index (Phi) is 6.09. The summed E-state index contributed by atoms with van der Waals surface area (Å²) in [6.07, 6.45) is 2.88. The molecule has 8 nitrogen and oxygen atoms in total. The van der Waals surface area contributed by atoms with Crippen molar-refractivity contribution >= 4 is 17.6 Å². The lowest BCUT2D eigenvalue weighted by molar-refractivity contribution is -0.128. The smallest absolute Gasteiger partial charge is 0.240 e. The van der Waals surface area contributed by atoms with E-state index in [-0.39, 0.29) is 30.8 Å². The van der Waals surface area contributed by atoms with Gasteiger partial charge in [0.1, 0.15) is 18.4 Å². The minimum absolute atomic E-state index is 0.0648. The number of nitrogens with one attached hydrogen (secondary N) is 2. The first-order valence-corrected chi connectivity index (χ1v) is 7.66. The lowest BCUT2D eigenvalue weighted by Gasteiger charge is -2.32. The van der Waals surface area contributed by atoms with Crippen LogP contribution in [0.2, 0.25) is 0 Å². The molecule has 1 aliphatic rings. The Labute approximate surface area is 140 Å². The van der Waals surface area contributed by atoms with Crippen molar-refractivity contribution in [3.8, 4) is 12.1 Å². The number of hydrogen-bond donors (Lipinski definition) is 2. The van der Waals surface area contributed by atoms with Crippen molar-refractivity contribution in [2.45, 2.75) is 12.8 Å². The monoisotopic (exact) mass is 326 g/mol. The summed E-state index contributed by atoms with van der Waals surface area (Å²) in [5.41, 5.74) is 0.516. The molecule has 2 heterocycles. The van der Waals surface area contributed by atoms with Crippen molar-refractivity contribution in [3.63, 3.8) is 0 Å². The highest BCUT2D eigenvalue weighted by molar-refractivity contribution is 5.86. The van der Waals surface area contributed by atoms with Crippen LogP contribution in [0.15, 0.2) is 18.3 Å². The number of nitriles is 2. The van der Waals surface area contributed by atoms with E-state index < -0.39 is 0 Å². The van der Waals surface area contributed by atoms with Crippen LogP contribution in [0.3, 0.4) is 0 Å². The standard InChI is InChI=1S/C16H18N6O2/c17-5-6-19-15(23)11-21-16(24)13-3-7-22(8-4-13)14-2-1-12(9-18)10-20-14/h1-2,10,13H,3-4,6-8,11H2,(H,19,23)(H,21,24). The average molecular weight is 326 g/mol. The number of amides is 2. The zero-order valence-electron chi connectivity index (χ0n) is 13.2. The summed E-state index contributed by atoms with van der Waals surface area (Å²) in [5, 5.41) is 22.1. The molecule has 2 N–H and O–H groups in total. The van der Waals surface area contributed by atoms with Crippen LogP contribution in [-0.2, 0) is 9.59 Å². The van der Waals surface area contributed by atoms with Crippen LogP contribution in [0.4, 0.5) is 5.82 Å². The zero-order valence-corrected chi connectivity index (χ0v) is 13.2. The predicted octanol–water partition coefficient (Wildman–Crippen LogP) is -0.0743. The number of carbonyl (C=O) groups excluding carboxylic acids is 2. The molecule has 8 heteroatoms. The first-order valence-electron chi connectivity index (χ1n) is 7.66. The van der Waals surface area contributed by atoms with Gasteiger partial charge in [-0.05, 0) is 25.0 Å². The largest absolute Gasteiger partial charge is 0.357 e. The summed E-state index contributed by atoms with van der Waals surface area (Å²) in [6, 6.07) is 7.36. The highest BCUT2D eigenvalue weighted by Crippen LogP contribution is 2.21. The van der Waals surface area contributed by atoms with E-state index in [2.05, 4.69) is 20.5 Å². The summed E-state index contributed by atoms with van der Waals surface area (Å²) in [7, 11) is 0. The van der Waals surface area contributed by atoms with E-state index in [9.17, 15) is 9.59 Å². The lowest BCUT2D eigenvalue weighted by atomic mass is 9.96.